The molecule has 17 heavy (non-hydrogen) atoms. The Bertz CT molecular complexity index is 608. The number of aromatic carboxylic acids is 1. The fourth-order valence-electron chi connectivity index (χ4n) is 1.30. The third kappa shape index (κ3) is 2.27. The highest BCUT2D eigenvalue weighted by Gasteiger charge is 2.34. The van der Waals surface area contributed by atoms with Crippen molar-refractivity contribution in [1.82, 2.24) is 4.98 Å². The van der Waals surface area contributed by atoms with E-state index in [-0.39, 0.29) is 19.7 Å². The fraction of sp³-hybridized carbons (Fsp3) is 0.111. The van der Waals surface area contributed by atoms with E-state index in [0.717, 1.165) is 6.07 Å². The summed E-state index contributed by atoms with van der Waals surface area (Å²) in [6, 6.07) is 2.26. The van der Waals surface area contributed by atoms with Gasteiger partial charge in [-0.3, -0.25) is 0 Å². The minimum Gasteiger partial charge on any atom is -0.476 e. The molecule has 2 aromatic rings. The maximum Gasteiger partial charge on any atom is 0.417 e. The first-order valence-electron chi connectivity index (χ1n) is 4.19. The van der Waals surface area contributed by atoms with Crippen molar-refractivity contribution in [3.8, 4) is 0 Å². The molecule has 0 saturated heterocycles. The van der Waals surface area contributed by atoms with Gasteiger partial charge in [-0.25, -0.2) is 9.78 Å². The van der Waals surface area contributed by atoms with Gasteiger partial charge in [-0.2, -0.15) is 13.2 Å². The zero-order valence-corrected chi connectivity index (χ0v) is 10.3. The molecule has 0 amide bonds. The summed E-state index contributed by atoms with van der Waals surface area (Å²) < 4.78 is 38.2. The predicted molar refractivity (Wildman–Crippen MR) is 59.3 cm³/mol. The third-order valence-corrected chi connectivity index (χ3v) is 3.49. The number of hydrogen-bond donors (Lipinski definition) is 1. The van der Waals surface area contributed by atoms with Gasteiger partial charge in [-0.1, -0.05) is 15.9 Å². The molecule has 0 unspecified atom stereocenters. The lowest BCUT2D eigenvalue weighted by molar-refractivity contribution is -0.136. The molecule has 1 heterocycles. The van der Waals surface area contributed by atoms with E-state index in [2.05, 4.69) is 20.9 Å². The van der Waals surface area contributed by atoms with E-state index >= 15 is 0 Å². The molecular weight excluding hydrogens is 323 g/mol. The average molecular weight is 326 g/mol. The lowest BCUT2D eigenvalue weighted by Gasteiger charge is -2.07. The second-order valence-electron chi connectivity index (χ2n) is 3.12. The van der Waals surface area contributed by atoms with Gasteiger partial charge in [0, 0.05) is 4.47 Å². The van der Waals surface area contributed by atoms with Gasteiger partial charge in [-0.15, -0.1) is 11.3 Å². The van der Waals surface area contributed by atoms with Crippen molar-refractivity contribution in [3.63, 3.8) is 0 Å². The molecule has 1 aromatic heterocycles. The van der Waals surface area contributed by atoms with E-state index in [1.807, 2.05) is 0 Å². The number of carboxylic acid groups (broad SMARTS) is 1. The van der Waals surface area contributed by atoms with Crippen molar-refractivity contribution in [3.05, 3.63) is 27.2 Å². The summed E-state index contributed by atoms with van der Waals surface area (Å²) in [7, 11) is 0. The minimum atomic E-state index is -4.54. The summed E-state index contributed by atoms with van der Waals surface area (Å²) in [5.74, 6) is -1.34. The first-order chi connectivity index (χ1) is 7.79. The standard InChI is InChI=1S/C9H3BrF3NO2S/c10-3-1-4(9(11,12)13)6-5(2-3)14-7(17-6)8(15)16/h1-2H,(H,15,16). The van der Waals surface area contributed by atoms with Gasteiger partial charge in [0.05, 0.1) is 15.8 Å². The summed E-state index contributed by atoms with van der Waals surface area (Å²) in [6.45, 7) is 0. The monoisotopic (exact) mass is 325 g/mol. The second kappa shape index (κ2) is 3.95. The number of rotatable bonds is 1. The Labute approximate surface area is 105 Å². The van der Waals surface area contributed by atoms with Crippen LogP contribution in [0, 0.1) is 0 Å². The van der Waals surface area contributed by atoms with E-state index in [0.29, 0.717) is 11.3 Å². The van der Waals surface area contributed by atoms with Crippen molar-refractivity contribution in [2.45, 2.75) is 6.18 Å². The number of hydrogen-bond acceptors (Lipinski definition) is 3. The number of thiazole rings is 1. The van der Waals surface area contributed by atoms with E-state index in [1.54, 1.807) is 0 Å². The Morgan fingerprint density at radius 2 is 2.06 bits per heavy atom. The molecule has 90 valence electrons. The average Bonchev–Trinajstić information content (AvgIpc) is 2.58. The molecule has 1 aromatic carbocycles. The number of halogens is 4. The van der Waals surface area contributed by atoms with Crippen molar-refractivity contribution in [2.24, 2.45) is 0 Å². The largest absolute Gasteiger partial charge is 0.476 e. The Morgan fingerprint density at radius 1 is 1.41 bits per heavy atom. The van der Waals surface area contributed by atoms with Crippen LogP contribution in [0.25, 0.3) is 10.2 Å². The van der Waals surface area contributed by atoms with Gasteiger partial charge in [-0.05, 0) is 12.1 Å². The zero-order chi connectivity index (χ0) is 12.8. The van der Waals surface area contributed by atoms with Crippen LogP contribution in [0.4, 0.5) is 13.2 Å². The Balaban J connectivity index is 2.79. The predicted octanol–water partition coefficient (Wildman–Crippen LogP) is 3.78. The van der Waals surface area contributed by atoms with Crippen LogP contribution in [0.3, 0.4) is 0 Å². The summed E-state index contributed by atoms with van der Waals surface area (Å²) in [6.07, 6.45) is -4.54. The van der Waals surface area contributed by atoms with E-state index < -0.39 is 17.7 Å². The van der Waals surface area contributed by atoms with Gasteiger partial charge in [0.25, 0.3) is 0 Å². The molecule has 0 aliphatic carbocycles. The molecule has 0 saturated carbocycles. The molecule has 0 spiro atoms. The first kappa shape index (κ1) is 12.3. The molecular formula is C9H3BrF3NO2S. The Kier molecular flexibility index (Phi) is 2.86. The fourth-order valence-corrected chi connectivity index (χ4v) is 2.66. The normalized spacial score (nSPS) is 12.0. The topological polar surface area (TPSA) is 50.2 Å². The minimum absolute atomic E-state index is 0.0223. The molecule has 0 bridgehead atoms. The number of alkyl halides is 3. The Morgan fingerprint density at radius 3 is 2.59 bits per heavy atom. The van der Waals surface area contributed by atoms with Crippen molar-refractivity contribution in [1.29, 1.82) is 0 Å². The SMILES string of the molecule is O=C(O)c1nc2cc(Br)cc(C(F)(F)F)c2s1. The van der Waals surface area contributed by atoms with Crippen LogP contribution in [0.5, 0.6) is 0 Å². The molecule has 2 rings (SSSR count). The number of benzene rings is 1. The van der Waals surface area contributed by atoms with Gasteiger partial charge >= 0.3 is 12.1 Å². The van der Waals surface area contributed by atoms with Gasteiger partial charge < -0.3 is 5.11 Å². The molecule has 0 fully saturated rings. The zero-order valence-electron chi connectivity index (χ0n) is 7.88. The van der Waals surface area contributed by atoms with Gasteiger partial charge in [0.2, 0.25) is 5.01 Å². The van der Waals surface area contributed by atoms with Crippen molar-refractivity contribution < 1.29 is 23.1 Å². The quantitative estimate of drug-likeness (QED) is 0.868. The van der Waals surface area contributed by atoms with Crippen LogP contribution in [0.2, 0.25) is 0 Å². The Hall–Kier alpha value is -1.15. The van der Waals surface area contributed by atoms with Crippen molar-refractivity contribution in [2.75, 3.05) is 0 Å². The number of aromatic nitrogens is 1. The van der Waals surface area contributed by atoms with E-state index in [9.17, 15) is 18.0 Å². The lowest BCUT2D eigenvalue weighted by Crippen LogP contribution is -2.04. The van der Waals surface area contributed by atoms with Crippen LogP contribution in [-0.2, 0) is 6.18 Å². The molecule has 8 heteroatoms. The summed E-state index contributed by atoms with van der Waals surface area (Å²) in [5, 5.41) is 8.35. The molecule has 1 N–H and O–H groups in total. The molecule has 0 aliphatic heterocycles. The van der Waals surface area contributed by atoms with Gasteiger partial charge in [0.15, 0.2) is 0 Å². The van der Waals surface area contributed by atoms with E-state index in [4.69, 9.17) is 5.11 Å². The number of carbonyl (C=O) groups is 1. The van der Waals surface area contributed by atoms with Gasteiger partial charge in [0.1, 0.15) is 0 Å². The van der Waals surface area contributed by atoms with Crippen LogP contribution >= 0.6 is 27.3 Å². The highest BCUT2D eigenvalue weighted by atomic mass is 79.9. The smallest absolute Gasteiger partial charge is 0.417 e. The summed E-state index contributed by atoms with van der Waals surface area (Å²) in [4.78, 5) is 14.3. The molecule has 0 aliphatic rings. The second-order valence-corrected chi connectivity index (χ2v) is 5.04. The molecule has 3 nitrogen and oxygen atoms in total. The number of nitrogens with zero attached hydrogens (tertiary/aromatic N) is 1. The molecule has 0 radical (unpaired) electrons. The summed E-state index contributed by atoms with van der Waals surface area (Å²) >= 11 is 3.46. The van der Waals surface area contributed by atoms with Crippen LogP contribution in [0.15, 0.2) is 16.6 Å². The summed E-state index contributed by atoms with van der Waals surface area (Å²) in [5.41, 5.74) is -0.860. The van der Waals surface area contributed by atoms with Crippen LogP contribution in [-0.4, -0.2) is 16.1 Å². The maximum absolute atomic E-state index is 12.7. The van der Waals surface area contributed by atoms with E-state index in [1.165, 1.54) is 6.07 Å². The highest BCUT2D eigenvalue weighted by Crippen LogP contribution is 2.39. The molecule has 0 atom stereocenters. The van der Waals surface area contributed by atoms with Crippen LogP contribution < -0.4 is 0 Å². The van der Waals surface area contributed by atoms with Crippen LogP contribution in [0.1, 0.15) is 15.4 Å². The first-order valence-corrected chi connectivity index (χ1v) is 5.80. The number of carboxylic acids is 1. The highest BCUT2D eigenvalue weighted by molar-refractivity contribution is 9.10. The third-order valence-electron chi connectivity index (χ3n) is 1.94. The van der Waals surface area contributed by atoms with Crippen molar-refractivity contribution >= 4 is 43.5 Å². The maximum atomic E-state index is 12.7. The lowest BCUT2D eigenvalue weighted by atomic mass is 10.2. The number of fused-ring (bicyclic) bond motifs is 1.